The minimum Gasteiger partial charge on any atom is -0.396 e. The van der Waals surface area contributed by atoms with Crippen molar-refractivity contribution in [2.24, 2.45) is 0 Å². The first-order valence-electron chi connectivity index (χ1n) is 2.13. The van der Waals surface area contributed by atoms with Gasteiger partial charge in [-0.3, -0.25) is 0 Å². The van der Waals surface area contributed by atoms with Crippen LogP contribution in [0.15, 0.2) is 0 Å². The molecule has 0 radical (unpaired) electrons. The summed E-state index contributed by atoms with van der Waals surface area (Å²) in [7, 11) is 0. The molecule has 0 aromatic heterocycles. The van der Waals surface area contributed by atoms with Gasteiger partial charge in [0.15, 0.2) is 0 Å². The van der Waals surface area contributed by atoms with E-state index in [1.807, 2.05) is 0 Å². The second kappa shape index (κ2) is 9.97. The van der Waals surface area contributed by atoms with E-state index in [-0.39, 0.29) is 40.9 Å². The number of hydrogen-bond donors (Lipinski definition) is 2. The molecular weight excluding hydrogens is 281 g/mol. The quantitative estimate of drug-likeness (QED) is 0.556. The number of hydrogen-bond acceptors (Lipinski definition) is 2. The molecule has 2 N–H and O–H groups in total. The van der Waals surface area contributed by atoms with Gasteiger partial charge < -0.3 is 10.2 Å². The van der Waals surface area contributed by atoms with Crippen molar-refractivity contribution in [2.45, 2.75) is 12.8 Å². The Morgan fingerprint density at radius 3 is 1.29 bits per heavy atom. The Kier molecular flexibility index (Phi) is 15.3. The second-order valence-corrected chi connectivity index (χ2v) is 1.15. The van der Waals surface area contributed by atoms with Gasteiger partial charge in [-0.05, 0) is 12.8 Å². The third-order valence-corrected chi connectivity index (χ3v) is 0.566. The predicted octanol–water partition coefficient (Wildman–Crippen LogP) is -0.251. The number of aliphatic hydroxyl groups is 2. The van der Waals surface area contributed by atoms with Crippen LogP contribution in [0.1, 0.15) is 12.8 Å². The molecule has 0 bridgehead atoms. The van der Waals surface area contributed by atoms with E-state index in [4.69, 9.17) is 10.2 Å². The van der Waals surface area contributed by atoms with Crippen molar-refractivity contribution in [2.75, 3.05) is 13.2 Å². The van der Waals surface area contributed by atoms with Gasteiger partial charge in [0, 0.05) is 40.9 Å². The molecule has 0 atom stereocenters. The van der Waals surface area contributed by atoms with E-state index in [0.29, 0.717) is 0 Å². The Morgan fingerprint density at radius 1 is 0.857 bits per heavy atom. The number of aliphatic hydroxyl groups excluding tert-OH is 2. The minimum atomic E-state index is 0. The van der Waals surface area contributed by atoms with Crippen LogP contribution in [-0.2, 0) is 27.7 Å². The van der Waals surface area contributed by atoms with E-state index >= 15 is 0 Å². The van der Waals surface area contributed by atoms with Gasteiger partial charge in [0.05, 0.1) is 0 Å². The number of rotatable bonds is 3. The maximum absolute atomic E-state index is 8.09. The molecule has 0 aliphatic rings. The standard InChI is InChI=1S/C4H10O2.Hg/c5-3-1-2-4-6;/h5-6H,1-4H2;. The molecule has 40 valence electrons. The van der Waals surface area contributed by atoms with E-state index in [2.05, 4.69) is 0 Å². The third-order valence-electron chi connectivity index (χ3n) is 0.566. The van der Waals surface area contributed by atoms with Gasteiger partial charge >= 0.3 is 0 Å². The normalized spacial score (nSPS) is 7.71. The monoisotopic (exact) mass is 292 g/mol. The first-order chi connectivity index (χ1) is 2.91. The molecule has 0 aliphatic carbocycles. The van der Waals surface area contributed by atoms with Gasteiger partial charge in [0.25, 0.3) is 0 Å². The van der Waals surface area contributed by atoms with Gasteiger partial charge in [0.2, 0.25) is 0 Å². The molecular formula is C4H10HgO2. The van der Waals surface area contributed by atoms with Gasteiger partial charge in [-0.1, -0.05) is 0 Å². The molecule has 0 saturated heterocycles. The van der Waals surface area contributed by atoms with Gasteiger partial charge in [-0.15, -0.1) is 0 Å². The van der Waals surface area contributed by atoms with Crippen LogP contribution in [0.3, 0.4) is 0 Å². The Labute approximate surface area is 64.1 Å². The summed E-state index contributed by atoms with van der Waals surface area (Å²) >= 11 is 0. The number of unbranched alkanes of at least 4 members (excludes halogenated alkanes) is 1. The fourth-order valence-electron chi connectivity index (χ4n) is 0.224. The first-order valence-corrected chi connectivity index (χ1v) is 2.13. The fraction of sp³-hybridized carbons (Fsp3) is 1.00. The van der Waals surface area contributed by atoms with Crippen molar-refractivity contribution in [3.05, 3.63) is 0 Å². The summed E-state index contributed by atoms with van der Waals surface area (Å²) in [6.07, 6.45) is 1.44. The van der Waals surface area contributed by atoms with Crippen molar-refractivity contribution in [3.63, 3.8) is 0 Å². The molecule has 0 rings (SSSR count). The summed E-state index contributed by atoms with van der Waals surface area (Å²) in [6.45, 7) is 0.390. The van der Waals surface area contributed by atoms with Crippen LogP contribution in [0.5, 0.6) is 0 Å². The van der Waals surface area contributed by atoms with Crippen LogP contribution >= 0.6 is 0 Å². The molecule has 0 heterocycles. The summed E-state index contributed by atoms with van der Waals surface area (Å²) in [5.74, 6) is 0. The molecule has 0 unspecified atom stereocenters. The zero-order valence-electron chi connectivity index (χ0n) is 4.43. The molecule has 7 heavy (non-hydrogen) atoms. The third kappa shape index (κ3) is 10.9. The summed E-state index contributed by atoms with van der Waals surface area (Å²) in [6, 6.07) is 0. The average Bonchev–Trinajstić information content (AvgIpc) is 1.61. The molecule has 0 fully saturated rings. The fourth-order valence-corrected chi connectivity index (χ4v) is 0.224. The average molecular weight is 291 g/mol. The molecule has 3 heteroatoms. The summed E-state index contributed by atoms with van der Waals surface area (Å²) in [5.41, 5.74) is 0. The molecule has 0 saturated carbocycles. The van der Waals surface area contributed by atoms with Crippen molar-refractivity contribution in [1.82, 2.24) is 0 Å². The molecule has 0 spiro atoms. The van der Waals surface area contributed by atoms with Gasteiger partial charge in [-0.2, -0.15) is 0 Å². The van der Waals surface area contributed by atoms with E-state index in [1.54, 1.807) is 0 Å². The molecule has 0 aromatic carbocycles. The van der Waals surface area contributed by atoms with Crippen LogP contribution in [0, 0.1) is 0 Å². The van der Waals surface area contributed by atoms with Crippen LogP contribution in [0.25, 0.3) is 0 Å². The van der Waals surface area contributed by atoms with Crippen molar-refractivity contribution in [3.8, 4) is 0 Å². The van der Waals surface area contributed by atoms with Gasteiger partial charge in [0.1, 0.15) is 0 Å². The van der Waals surface area contributed by atoms with Crippen LogP contribution in [0.4, 0.5) is 0 Å². The predicted molar refractivity (Wildman–Crippen MR) is 23.4 cm³/mol. The molecule has 0 amide bonds. The summed E-state index contributed by atoms with van der Waals surface area (Å²) in [5, 5.41) is 16.2. The van der Waals surface area contributed by atoms with Crippen LogP contribution < -0.4 is 0 Å². The molecule has 0 aromatic rings. The van der Waals surface area contributed by atoms with E-state index < -0.39 is 0 Å². The van der Waals surface area contributed by atoms with Crippen molar-refractivity contribution in [1.29, 1.82) is 0 Å². The molecule has 0 aliphatic heterocycles. The smallest absolute Gasteiger partial charge is 0.0431 e. The first kappa shape index (κ1) is 10.8. The largest absolute Gasteiger partial charge is 0.396 e. The Morgan fingerprint density at radius 2 is 1.14 bits per heavy atom. The maximum atomic E-state index is 8.09. The zero-order chi connectivity index (χ0) is 4.83. The topological polar surface area (TPSA) is 40.5 Å². The minimum absolute atomic E-state index is 0. The van der Waals surface area contributed by atoms with E-state index in [9.17, 15) is 0 Å². The Hall–Kier alpha value is 0.855. The van der Waals surface area contributed by atoms with E-state index in [1.165, 1.54) is 0 Å². The van der Waals surface area contributed by atoms with Crippen LogP contribution in [0.2, 0.25) is 0 Å². The SMILES string of the molecule is OCCCCO.[Hg]. The van der Waals surface area contributed by atoms with Crippen molar-refractivity contribution < 1.29 is 37.9 Å². The summed E-state index contributed by atoms with van der Waals surface area (Å²) in [4.78, 5) is 0. The zero-order valence-corrected chi connectivity index (χ0v) is 9.93. The Bertz CT molecular complexity index is 21.7. The van der Waals surface area contributed by atoms with Crippen LogP contribution in [-0.4, -0.2) is 23.4 Å². The van der Waals surface area contributed by atoms with E-state index in [0.717, 1.165) is 12.8 Å². The molecule has 2 nitrogen and oxygen atoms in total. The van der Waals surface area contributed by atoms with Gasteiger partial charge in [-0.25, -0.2) is 0 Å². The summed E-state index contributed by atoms with van der Waals surface area (Å²) < 4.78 is 0. The second-order valence-electron chi connectivity index (χ2n) is 1.15. The Balaban J connectivity index is 0. The maximum Gasteiger partial charge on any atom is 0.0431 e. The van der Waals surface area contributed by atoms with Crippen molar-refractivity contribution >= 4 is 0 Å².